The van der Waals surface area contributed by atoms with E-state index in [1.807, 2.05) is 18.2 Å². The number of Topliss-reactive ketones (excluding diaryl/α,β-unsaturated/α-hetero) is 1. The van der Waals surface area contributed by atoms with Gasteiger partial charge in [0.05, 0.1) is 25.5 Å². The summed E-state index contributed by atoms with van der Waals surface area (Å²) in [6, 6.07) is 14.2. The van der Waals surface area contributed by atoms with Gasteiger partial charge in [0.1, 0.15) is 0 Å². The van der Waals surface area contributed by atoms with Gasteiger partial charge in [-0.15, -0.1) is 5.10 Å². The predicted octanol–water partition coefficient (Wildman–Crippen LogP) is 4.65. The minimum absolute atomic E-state index is 0.0260. The second-order valence-corrected chi connectivity index (χ2v) is 9.10. The van der Waals surface area contributed by atoms with Gasteiger partial charge < -0.3 is 9.47 Å². The van der Waals surface area contributed by atoms with Crippen molar-refractivity contribution in [2.75, 3.05) is 14.2 Å². The first-order valence-corrected chi connectivity index (χ1v) is 11.7. The lowest BCUT2D eigenvalue weighted by atomic mass is 9.82. The third-order valence-corrected chi connectivity index (χ3v) is 6.84. The molecule has 2 aromatic heterocycles. The zero-order chi connectivity index (χ0) is 22.9. The van der Waals surface area contributed by atoms with Gasteiger partial charge >= 0.3 is 0 Å². The van der Waals surface area contributed by atoms with Crippen molar-refractivity contribution >= 4 is 23.3 Å². The summed E-state index contributed by atoms with van der Waals surface area (Å²) in [5.41, 5.74) is 4.87. The molecule has 0 spiro atoms. The molecule has 0 fully saturated rings. The van der Waals surface area contributed by atoms with Gasteiger partial charge in [0.15, 0.2) is 17.3 Å². The Morgan fingerprint density at radius 2 is 1.82 bits per heavy atom. The molecule has 2 heterocycles. The predicted molar refractivity (Wildman–Crippen MR) is 126 cm³/mol. The fourth-order valence-corrected chi connectivity index (χ4v) is 4.88. The number of ether oxygens (including phenoxy) is 2. The Morgan fingerprint density at radius 3 is 2.58 bits per heavy atom. The number of aromatic nitrogens is 4. The average Bonchev–Trinajstić information content (AvgIpc) is 3.23. The highest BCUT2D eigenvalue weighted by Gasteiger charge is 2.29. The lowest BCUT2D eigenvalue weighted by Crippen LogP contribution is -2.21. The van der Waals surface area contributed by atoms with Crippen molar-refractivity contribution in [3.63, 3.8) is 0 Å². The molecule has 0 aliphatic heterocycles. The Morgan fingerprint density at radius 1 is 1.03 bits per heavy atom. The second-order valence-electron chi connectivity index (χ2n) is 8.16. The van der Waals surface area contributed by atoms with E-state index in [0.717, 1.165) is 17.0 Å². The molecule has 0 amide bonds. The second kappa shape index (κ2) is 8.86. The summed E-state index contributed by atoms with van der Waals surface area (Å²) >= 11 is 1.56. The molecule has 0 radical (unpaired) electrons. The summed E-state index contributed by atoms with van der Waals surface area (Å²) in [4.78, 5) is 22.3. The Kier molecular flexibility index (Phi) is 5.76. The van der Waals surface area contributed by atoms with Crippen molar-refractivity contribution < 1.29 is 14.3 Å². The largest absolute Gasteiger partial charge is 0.493 e. The SMILES string of the molecule is COc1ccc([C@@H]2CC(=O)c3cn4nc(SCc5ccc(C)cc5)nc4nc3C2)cc1OC. The zero-order valence-electron chi connectivity index (χ0n) is 18.7. The number of hydrogen-bond acceptors (Lipinski definition) is 7. The van der Waals surface area contributed by atoms with Crippen LogP contribution >= 0.6 is 11.8 Å². The van der Waals surface area contributed by atoms with E-state index in [9.17, 15) is 4.79 Å². The zero-order valence-corrected chi connectivity index (χ0v) is 19.6. The van der Waals surface area contributed by atoms with Crippen molar-refractivity contribution in [1.29, 1.82) is 0 Å². The van der Waals surface area contributed by atoms with E-state index in [1.54, 1.807) is 36.7 Å². The molecule has 4 aromatic rings. The molecule has 7 nitrogen and oxygen atoms in total. The Labute approximate surface area is 196 Å². The molecule has 1 aliphatic rings. The minimum atomic E-state index is 0.0260. The van der Waals surface area contributed by atoms with Crippen LogP contribution in [0.4, 0.5) is 0 Å². The summed E-state index contributed by atoms with van der Waals surface area (Å²) < 4.78 is 12.4. The summed E-state index contributed by atoms with van der Waals surface area (Å²) in [7, 11) is 3.22. The van der Waals surface area contributed by atoms with Gasteiger partial charge in [-0.2, -0.15) is 4.98 Å². The van der Waals surface area contributed by atoms with E-state index in [2.05, 4.69) is 41.3 Å². The molecule has 0 N–H and O–H groups in total. The number of carbonyl (C=O) groups excluding carboxylic acids is 1. The van der Waals surface area contributed by atoms with Crippen LogP contribution in [0.25, 0.3) is 5.78 Å². The quantitative estimate of drug-likeness (QED) is 0.387. The van der Waals surface area contributed by atoms with Gasteiger partial charge in [-0.05, 0) is 42.5 Å². The van der Waals surface area contributed by atoms with Crippen LogP contribution in [0.5, 0.6) is 11.5 Å². The van der Waals surface area contributed by atoms with Crippen LogP contribution in [0.3, 0.4) is 0 Å². The molecular formula is C25H24N4O3S. The maximum absolute atomic E-state index is 13.0. The van der Waals surface area contributed by atoms with Crippen LogP contribution < -0.4 is 9.47 Å². The summed E-state index contributed by atoms with van der Waals surface area (Å²) in [5, 5.41) is 5.18. The molecule has 2 aromatic carbocycles. The first-order valence-electron chi connectivity index (χ1n) is 10.7. The molecule has 0 saturated carbocycles. The summed E-state index contributed by atoms with van der Waals surface area (Å²) in [6.45, 7) is 2.07. The fraction of sp³-hybridized carbons (Fsp3) is 0.280. The highest BCUT2D eigenvalue weighted by molar-refractivity contribution is 7.98. The monoisotopic (exact) mass is 460 g/mol. The first-order chi connectivity index (χ1) is 16.0. The molecule has 168 valence electrons. The Balaban J connectivity index is 1.39. The van der Waals surface area contributed by atoms with Crippen LogP contribution in [0.15, 0.2) is 53.8 Å². The van der Waals surface area contributed by atoms with Crippen LogP contribution in [-0.4, -0.2) is 39.6 Å². The number of rotatable bonds is 6. The smallest absolute Gasteiger partial charge is 0.253 e. The lowest BCUT2D eigenvalue weighted by Gasteiger charge is -2.23. The highest BCUT2D eigenvalue weighted by Crippen LogP contribution is 2.36. The van der Waals surface area contributed by atoms with E-state index in [-0.39, 0.29) is 11.7 Å². The van der Waals surface area contributed by atoms with E-state index >= 15 is 0 Å². The highest BCUT2D eigenvalue weighted by atomic mass is 32.2. The number of fused-ring (bicyclic) bond motifs is 2. The molecule has 8 heteroatoms. The third-order valence-electron chi connectivity index (χ3n) is 5.93. The van der Waals surface area contributed by atoms with Gasteiger partial charge in [0.2, 0.25) is 5.16 Å². The van der Waals surface area contributed by atoms with Crippen molar-refractivity contribution in [1.82, 2.24) is 19.6 Å². The standard InChI is InChI=1S/C25H24N4O3S/c1-15-4-6-16(7-5-15)14-33-25-27-24-26-20-10-18(11-21(30)19(20)13-29(24)28-25)17-8-9-22(31-2)23(12-17)32-3/h4-9,12-13,18H,10-11,14H2,1-3H3/t18-/m0/s1. The number of ketones is 1. The molecule has 1 aliphatic carbocycles. The fourth-order valence-electron chi connectivity index (χ4n) is 4.10. The molecule has 0 saturated heterocycles. The molecule has 0 unspecified atom stereocenters. The number of hydrogen-bond donors (Lipinski definition) is 0. The maximum atomic E-state index is 13.0. The number of methoxy groups -OCH3 is 2. The number of benzene rings is 2. The summed E-state index contributed by atoms with van der Waals surface area (Å²) in [6.07, 6.45) is 2.85. The first kappa shape index (κ1) is 21.5. The van der Waals surface area contributed by atoms with E-state index < -0.39 is 0 Å². The van der Waals surface area contributed by atoms with Gasteiger partial charge in [0.25, 0.3) is 5.78 Å². The van der Waals surface area contributed by atoms with Crippen LogP contribution in [0, 0.1) is 6.92 Å². The van der Waals surface area contributed by atoms with E-state index in [0.29, 0.717) is 40.8 Å². The van der Waals surface area contributed by atoms with E-state index in [1.165, 1.54) is 11.1 Å². The average molecular weight is 461 g/mol. The van der Waals surface area contributed by atoms with Gasteiger partial charge in [-0.25, -0.2) is 9.50 Å². The van der Waals surface area contributed by atoms with Crippen molar-refractivity contribution in [3.05, 3.63) is 76.6 Å². The van der Waals surface area contributed by atoms with Gasteiger partial charge in [0, 0.05) is 18.4 Å². The lowest BCUT2D eigenvalue weighted by molar-refractivity contribution is 0.0962. The minimum Gasteiger partial charge on any atom is -0.493 e. The Bertz CT molecular complexity index is 1330. The molecule has 1 atom stereocenters. The number of thioether (sulfide) groups is 1. The normalized spacial score (nSPS) is 15.5. The molecule has 0 bridgehead atoms. The van der Waals surface area contributed by atoms with Crippen molar-refractivity contribution in [3.8, 4) is 11.5 Å². The summed E-state index contributed by atoms with van der Waals surface area (Å²) in [5.74, 6) is 2.71. The van der Waals surface area contributed by atoms with Crippen LogP contribution in [0.2, 0.25) is 0 Å². The Hall–Kier alpha value is -3.39. The number of carbonyl (C=O) groups is 1. The maximum Gasteiger partial charge on any atom is 0.253 e. The van der Waals surface area contributed by atoms with Gasteiger partial charge in [-0.3, -0.25) is 4.79 Å². The number of nitrogens with zero attached hydrogens (tertiary/aromatic N) is 4. The van der Waals surface area contributed by atoms with Crippen LogP contribution in [-0.2, 0) is 12.2 Å². The molecule has 5 rings (SSSR count). The number of aryl methyl sites for hydroxylation is 1. The molecule has 33 heavy (non-hydrogen) atoms. The van der Waals surface area contributed by atoms with Crippen LogP contribution in [0.1, 0.15) is 45.1 Å². The topological polar surface area (TPSA) is 78.6 Å². The van der Waals surface area contributed by atoms with Crippen molar-refractivity contribution in [2.45, 2.75) is 36.6 Å². The van der Waals surface area contributed by atoms with Gasteiger partial charge in [-0.1, -0.05) is 47.7 Å². The molecular weight excluding hydrogens is 436 g/mol. The van der Waals surface area contributed by atoms with E-state index in [4.69, 9.17) is 14.5 Å². The van der Waals surface area contributed by atoms with Crippen molar-refractivity contribution in [2.24, 2.45) is 0 Å². The third kappa shape index (κ3) is 4.30.